The second kappa shape index (κ2) is 5.07. The van der Waals surface area contributed by atoms with Crippen molar-refractivity contribution in [2.75, 3.05) is 5.73 Å². The number of hydrogen-bond acceptors (Lipinski definition) is 4. The maximum Gasteiger partial charge on any atom is 0.201 e. The first-order valence-electron chi connectivity index (χ1n) is 5.17. The van der Waals surface area contributed by atoms with Crippen molar-refractivity contribution in [1.82, 2.24) is 4.98 Å². The molecule has 0 unspecified atom stereocenters. The number of nitrogens with two attached hydrogens (primary N) is 1. The molecule has 1 aromatic carbocycles. The predicted octanol–water partition coefficient (Wildman–Crippen LogP) is 2.40. The van der Waals surface area contributed by atoms with Crippen LogP contribution in [0.3, 0.4) is 0 Å². The quantitative estimate of drug-likeness (QED) is 0.939. The zero-order valence-corrected chi connectivity index (χ0v) is 11.8. The van der Waals surface area contributed by atoms with E-state index in [4.69, 9.17) is 5.73 Å². The van der Waals surface area contributed by atoms with Crippen LogP contribution in [-0.4, -0.2) is 13.4 Å². The Balaban J connectivity index is 2.37. The van der Waals surface area contributed by atoms with Gasteiger partial charge in [-0.2, -0.15) is 0 Å². The smallest absolute Gasteiger partial charge is 0.201 e. The Morgan fingerprint density at radius 2 is 2.00 bits per heavy atom. The summed E-state index contributed by atoms with van der Waals surface area (Å²) >= 11 is 3.31. The van der Waals surface area contributed by atoms with Gasteiger partial charge in [0.25, 0.3) is 0 Å². The average Bonchev–Trinajstić information content (AvgIpc) is 2.28. The van der Waals surface area contributed by atoms with Gasteiger partial charge in [-0.3, -0.25) is 0 Å². The lowest BCUT2D eigenvalue weighted by Crippen LogP contribution is -2.09. The molecule has 6 heteroatoms. The van der Waals surface area contributed by atoms with Crippen LogP contribution >= 0.6 is 15.9 Å². The second-order valence-electron chi connectivity index (χ2n) is 3.79. The Morgan fingerprint density at radius 3 is 2.67 bits per heavy atom. The van der Waals surface area contributed by atoms with Crippen molar-refractivity contribution in [2.45, 2.75) is 10.8 Å². The van der Waals surface area contributed by atoms with Gasteiger partial charge in [0.1, 0.15) is 0 Å². The van der Waals surface area contributed by atoms with E-state index in [0.29, 0.717) is 5.56 Å². The second-order valence-corrected chi connectivity index (χ2v) is 6.61. The molecule has 0 aliphatic rings. The summed E-state index contributed by atoms with van der Waals surface area (Å²) in [5, 5.41) is -0.0648. The molecule has 0 fully saturated rings. The summed E-state index contributed by atoms with van der Waals surface area (Å²) in [6, 6.07) is 10.3. The number of halogens is 1. The average molecular weight is 327 g/mol. The number of nitrogen functional groups attached to an aromatic ring is 1. The molecular formula is C12H11BrN2O2S. The summed E-state index contributed by atoms with van der Waals surface area (Å²) in [4.78, 5) is 3.84. The number of anilines is 1. The largest absolute Gasteiger partial charge is 0.396 e. The number of pyridine rings is 1. The van der Waals surface area contributed by atoms with Gasteiger partial charge in [0, 0.05) is 10.7 Å². The van der Waals surface area contributed by atoms with Crippen LogP contribution in [0, 0.1) is 0 Å². The van der Waals surface area contributed by atoms with Crippen LogP contribution in [0.1, 0.15) is 5.56 Å². The summed E-state index contributed by atoms with van der Waals surface area (Å²) in [5.74, 6) is -0.117. The molecule has 0 spiro atoms. The van der Waals surface area contributed by atoms with Gasteiger partial charge in [0.15, 0.2) is 5.03 Å². The van der Waals surface area contributed by atoms with E-state index >= 15 is 0 Å². The van der Waals surface area contributed by atoms with Crippen LogP contribution in [0.4, 0.5) is 5.69 Å². The molecule has 0 radical (unpaired) electrons. The molecule has 0 aliphatic carbocycles. The van der Waals surface area contributed by atoms with E-state index in [1.807, 2.05) is 6.07 Å². The van der Waals surface area contributed by atoms with Crippen molar-refractivity contribution >= 4 is 31.5 Å². The first-order chi connectivity index (χ1) is 8.49. The highest BCUT2D eigenvalue weighted by Crippen LogP contribution is 2.21. The number of aromatic nitrogens is 1. The van der Waals surface area contributed by atoms with Crippen LogP contribution in [0.25, 0.3) is 0 Å². The zero-order valence-electron chi connectivity index (χ0n) is 9.38. The number of hydrogen-bond donors (Lipinski definition) is 1. The van der Waals surface area contributed by atoms with Gasteiger partial charge >= 0.3 is 0 Å². The van der Waals surface area contributed by atoms with Gasteiger partial charge in [0.2, 0.25) is 9.84 Å². The maximum atomic E-state index is 12.2. The van der Waals surface area contributed by atoms with Crippen molar-refractivity contribution in [3.63, 3.8) is 0 Å². The minimum absolute atomic E-state index is 0.0648. The van der Waals surface area contributed by atoms with Crippen LogP contribution in [0.2, 0.25) is 0 Å². The summed E-state index contributed by atoms with van der Waals surface area (Å²) in [7, 11) is -3.52. The molecule has 0 saturated heterocycles. The summed E-state index contributed by atoms with van der Waals surface area (Å²) in [6.07, 6.45) is 1.42. The lowest BCUT2D eigenvalue weighted by molar-refractivity contribution is 0.592. The number of nitrogens with zero attached hydrogens (tertiary/aromatic N) is 1. The van der Waals surface area contributed by atoms with Gasteiger partial charge in [0.05, 0.1) is 11.4 Å². The van der Waals surface area contributed by atoms with E-state index in [9.17, 15) is 8.42 Å². The molecule has 2 rings (SSSR count). The number of benzene rings is 1. The molecule has 0 saturated carbocycles. The van der Waals surface area contributed by atoms with E-state index in [-0.39, 0.29) is 16.5 Å². The van der Waals surface area contributed by atoms with E-state index in [0.717, 1.165) is 4.47 Å². The lowest BCUT2D eigenvalue weighted by Gasteiger charge is -2.06. The third-order valence-corrected chi connectivity index (χ3v) is 4.48. The minimum atomic E-state index is -3.52. The molecule has 18 heavy (non-hydrogen) atoms. The molecule has 1 aromatic heterocycles. The Labute approximate surface area is 114 Å². The zero-order chi connectivity index (χ0) is 13.2. The molecule has 2 N–H and O–H groups in total. The van der Waals surface area contributed by atoms with Gasteiger partial charge in [-0.25, -0.2) is 13.4 Å². The van der Waals surface area contributed by atoms with Gasteiger partial charge in [-0.05, 0) is 29.8 Å². The lowest BCUT2D eigenvalue weighted by atomic mass is 10.2. The Bertz CT molecular complexity index is 671. The monoisotopic (exact) mass is 326 g/mol. The Hall–Kier alpha value is -1.40. The normalized spacial score (nSPS) is 11.4. The van der Waals surface area contributed by atoms with Crippen molar-refractivity contribution in [2.24, 2.45) is 0 Å². The molecular weight excluding hydrogens is 316 g/mol. The topological polar surface area (TPSA) is 73.0 Å². The van der Waals surface area contributed by atoms with E-state index < -0.39 is 9.84 Å². The SMILES string of the molecule is Nc1cccnc1S(=O)(=O)Cc1cccc(Br)c1. The molecule has 0 aliphatic heterocycles. The molecule has 0 amide bonds. The molecule has 0 atom stereocenters. The van der Waals surface area contributed by atoms with Crippen LogP contribution < -0.4 is 5.73 Å². The van der Waals surface area contributed by atoms with Crippen molar-refractivity contribution < 1.29 is 8.42 Å². The van der Waals surface area contributed by atoms with E-state index in [1.165, 1.54) is 12.3 Å². The Morgan fingerprint density at radius 1 is 1.22 bits per heavy atom. The van der Waals surface area contributed by atoms with E-state index in [1.54, 1.807) is 24.3 Å². The van der Waals surface area contributed by atoms with Crippen LogP contribution in [0.5, 0.6) is 0 Å². The van der Waals surface area contributed by atoms with Crippen molar-refractivity contribution in [3.8, 4) is 0 Å². The standard InChI is InChI=1S/C12H11BrN2O2S/c13-10-4-1-3-9(7-10)8-18(16,17)12-11(14)5-2-6-15-12/h1-7H,8,14H2. The summed E-state index contributed by atoms with van der Waals surface area (Å²) < 4.78 is 25.2. The third-order valence-electron chi connectivity index (χ3n) is 2.34. The van der Waals surface area contributed by atoms with E-state index in [2.05, 4.69) is 20.9 Å². The maximum absolute atomic E-state index is 12.2. The minimum Gasteiger partial charge on any atom is -0.396 e. The molecule has 2 aromatic rings. The van der Waals surface area contributed by atoms with Crippen LogP contribution in [0.15, 0.2) is 52.1 Å². The fraction of sp³-hybridized carbons (Fsp3) is 0.0833. The fourth-order valence-corrected chi connectivity index (χ4v) is 3.43. The third kappa shape index (κ3) is 2.88. The molecule has 4 nitrogen and oxygen atoms in total. The van der Waals surface area contributed by atoms with Gasteiger partial charge in [-0.15, -0.1) is 0 Å². The van der Waals surface area contributed by atoms with Crippen molar-refractivity contribution in [3.05, 3.63) is 52.6 Å². The van der Waals surface area contributed by atoms with Crippen LogP contribution in [-0.2, 0) is 15.6 Å². The van der Waals surface area contributed by atoms with Gasteiger partial charge < -0.3 is 5.73 Å². The fourth-order valence-electron chi connectivity index (χ4n) is 1.58. The first-order valence-corrected chi connectivity index (χ1v) is 7.61. The highest BCUT2D eigenvalue weighted by molar-refractivity contribution is 9.10. The number of sulfone groups is 1. The summed E-state index contributed by atoms with van der Waals surface area (Å²) in [5.41, 5.74) is 6.50. The van der Waals surface area contributed by atoms with Crippen molar-refractivity contribution in [1.29, 1.82) is 0 Å². The molecule has 94 valence electrons. The van der Waals surface area contributed by atoms with Gasteiger partial charge in [-0.1, -0.05) is 28.1 Å². The first kappa shape index (κ1) is 13.0. The molecule has 0 bridgehead atoms. The highest BCUT2D eigenvalue weighted by Gasteiger charge is 2.19. The summed E-state index contributed by atoms with van der Waals surface area (Å²) in [6.45, 7) is 0. The Kier molecular flexibility index (Phi) is 3.68. The number of rotatable bonds is 3. The predicted molar refractivity (Wildman–Crippen MR) is 73.7 cm³/mol. The highest BCUT2D eigenvalue weighted by atomic mass is 79.9. The molecule has 1 heterocycles.